The average molecular weight is 395 g/mol. The highest BCUT2D eigenvalue weighted by Gasteiger charge is 2.12. The summed E-state index contributed by atoms with van der Waals surface area (Å²) in [4.78, 5) is 29.8. The largest absolute Gasteiger partial charge is 0.457 e. The number of rotatable bonds is 4. The fraction of sp³-hybridized carbons (Fsp3) is 0.0833. The first-order valence-electron chi connectivity index (χ1n) is 9.32. The quantitative estimate of drug-likeness (QED) is 0.489. The van der Waals surface area contributed by atoms with Gasteiger partial charge in [0.05, 0.1) is 33.8 Å². The standard InChI is InChI=1S/C24H17N3O3/c1-16-26-22-9-5-4-8-21(22)23(28)27(16)20-12-10-17(11-13-20)24(29)30-15-19-7-3-2-6-18(19)14-25/h2-13H,15H2,1H3. The number of carbonyl (C=O) groups is 1. The summed E-state index contributed by atoms with van der Waals surface area (Å²) in [5, 5.41) is 9.66. The number of hydrogen-bond donors (Lipinski definition) is 0. The lowest BCUT2D eigenvalue weighted by Gasteiger charge is -2.11. The maximum absolute atomic E-state index is 12.9. The van der Waals surface area contributed by atoms with Crippen LogP contribution >= 0.6 is 0 Å². The van der Waals surface area contributed by atoms with E-state index < -0.39 is 5.97 Å². The second kappa shape index (κ2) is 8.02. The first kappa shape index (κ1) is 19.1. The topological polar surface area (TPSA) is 85.0 Å². The number of carbonyl (C=O) groups excluding carboxylic acids is 1. The molecule has 0 aliphatic rings. The second-order valence-electron chi connectivity index (χ2n) is 6.71. The van der Waals surface area contributed by atoms with Crippen LogP contribution < -0.4 is 5.56 Å². The Morgan fingerprint density at radius 3 is 2.50 bits per heavy atom. The van der Waals surface area contributed by atoms with Crippen molar-refractivity contribution in [2.75, 3.05) is 0 Å². The molecule has 0 fully saturated rings. The van der Waals surface area contributed by atoms with Crippen molar-refractivity contribution in [3.8, 4) is 11.8 Å². The predicted octanol–water partition coefficient (Wildman–Crippen LogP) is 3.92. The van der Waals surface area contributed by atoms with E-state index in [0.717, 1.165) is 0 Å². The molecule has 4 rings (SSSR count). The van der Waals surface area contributed by atoms with Crippen LogP contribution in [0.4, 0.5) is 0 Å². The van der Waals surface area contributed by atoms with Gasteiger partial charge in [0.2, 0.25) is 0 Å². The van der Waals surface area contributed by atoms with E-state index in [9.17, 15) is 9.59 Å². The van der Waals surface area contributed by atoms with E-state index in [1.807, 2.05) is 6.07 Å². The molecule has 1 heterocycles. The lowest BCUT2D eigenvalue weighted by atomic mass is 10.1. The van der Waals surface area contributed by atoms with Gasteiger partial charge in [-0.15, -0.1) is 0 Å². The van der Waals surface area contributed by atoms with E-state index in [1.54, 1.807) is 73.7 Å². The van der Waals surface area contributed by atoms with Crippen LogP contribution in [0, 0.1) is 18.3 Å². The van der Waals surface area contributed by atoms with Crippen molar-refractivity contribution >= 4 is 16.9 Å². The summed E-state index contributed by atoms with van der Waals surface area (Å²) in [5.41, 5.74) is 2.57. The number of aryl methyl sites for hydroxylation is 1. The zero-order valence-electron chi connectivity index (χ0n) is 16.2. The van der Waals surface area contributed by atoms with Crippen LogP contribution in [0.15, 0.2) is 77.6 Å². The molecular formula is C24H17N3O3. The number of hydrogen-bond acceptors (Lipinski definition) is 5. The highest BCUT2D eigenvalue weighted by molar-refractivity contribution is 5.89. The molecule has 0 atom stereocenters. The van der Waals surface area contributed by atoms with E-state index in [1.165, 1.54) is 4.57 Å². The lowest BCUT2D eigenvalue weighted by Crippen LogP contribution is -2.22. The van der Waals surface area contributed by atoms with Crippen molar-refractivity contribution < 1.29 is 9.53 Å². The molecule has 4 aromatic rings. The molecule has 0 saturated heterocycles. The molecule has 0 bridgehead atoms. The number of esters is 1. The van der Waals surface area contributed by atoms with Crippen LogP contribution in [-0.2, 0) is 11.3 Å². The SMILES string of the molecule is Cc1nc2ccccc2c(=O)n1-c1ccc(C(=O)OCc2ccccc2C#N)cc1. The Labute approximate surface area is 172 Å². The first-order chi connectivity index (χ1) is 14.6. The monoisotopic (exact) mass is 395 g/mol. The van der Waals surface area contributed by atoms with Gasteiger partial charge in [-0.2, -0.15) is 5.26 Å². The highest BCUT2D eigenvalue weighted by Crippen LogP contribution is 2.15. The van der Waals surface area contributed by atoms with Gasteiger partial charge in [0.25, 0.3) is 5.56 Å². The Balaban J connectivity index is 1.58. The van der Waals surface area contributed by atoms with E-state index in [0.29, 0.717) is 39.1 Å². The number of aromatic nitrogens is 2. The zero-order valence-corrected chi connectivity index (χ0v) is 16.2. The summed E-state index contributed by atoms with van der Waals surface area (Å²) >= 11 is 0. The molecule has 146 valence electrons. The van der Waals surface area contributed by atoms with Gasteiger partial charge in [-0.05, 0) is 49.4 Å². The number of fused-ring (bicyclic) bond motifs is 1. The van der Waals surface area contributed by atoms with Crippen LogP contribution in [0.1, 0.15) is 27.3 Å². The van der Waals surface area contributed by atoms with Gasteiger partial charge in [-0.3, -0.25) is 9.36 Å². The summed E-state index contributed by atoms with van der Waals surface area (Å²) in [7, 11) is 0. The molecule has 30 heavy (non-hydrogen) atoms. The molecule has 0 radical (unpaired) electrons. The number of ether oxygens (including phenoxy) is 1. The van der Waals surface area contributed by atoms with E-state index in [2.05, 4.69) is 11.1 Å². The number of benzene rings is 3. The maximum atomic E-state index is 12.9. The van der Waals surface area contributed by atoms with Gasteiger partial charge in [-0.25, -0.2) is 9.78 Å². The molecule has 6 nitrogen and oxygen atoms in total. The Hall–Kier alpha value is -4.24. The smallest absolute Gasteiger partial charge is 0.338 e. The fourth-order valence-corrected chi connectivity index (χ4v) is 3.28. The van der Waals surface area contributed by atoms with Gasteiger partial charge in [0.15, 0.2) is 0 Å². The van der Waals surface area contributed by atoms with Gasteiger partial charge in [0.1, 0.15) is 12.4 Å². The molecule has 6 heteroatoms. The summed E-state index contributed by atoms with van der Waals surface area (Å²) in [6, 6.07) is 22.8. The van der Waals surface area contributed by atoms with Crippen molar-refractivity contribution in [3.05, 3.63) is 106 Å². The molecule has 1 aromatic heterocycles. The minimum Gasteiger partial charge on any atom is -0.457 e. The van der Waals surface area contributed by atoms with Crippen LogP contribution in [0.3, 0.4) is 0 Å². The molecule has 0 unspecified atom stereocenters. The van der Waals surface area contributed by atoms with E-state index in [-0.39, 0.29) is 12.2 Å². The Kier molecular flexibility index (Phi) is 5.10. The normalized spacial score (nSPS) is 10.5. The molecule has 0 aliphatic heterocycles. The Bertz CT molecular complexity index is 1350. The second-order valence-corrected chi connectivity index (χ2v) is 6.71. The van der Waals surface area contributed by atoms with Gasteiger partial charge in [-0.1, -0.05) is 30.3 Å². The Morgan fingerprint density at radius 1 is 1.03 bits per heavy atom. The highest BCUT2D eigenvalue weighted by atomic mass is 16.5. The Morgan fingerprint density at radius 2 is 1.73 bits per heavy atom. The minimum absolute atomic E-state index is 0.0114. The molecule has 0 saturated carbocycles. The zero-order chi connectivity index (χ0) is 21.1. The minimum atomic E-state index is -0.505. The number of para-hydroxylation sites is 1. The molecule has 0 spiro atoms. The van der Waals surface area contributed by atoms with Crippen molar-refractivity contribution in [3.63, 3.8) is 0 Å². The molecule has 0 amide bonds. The van der Waals surface area contributed by atoms with Crippen LogP contribution in [0.5, 0.6) is 0 Å². The van der Waals surface area contributed by atoms with Crippen molar-refractivity contribution in [1.82, 2.24) is 9.55 Å². The average Bonchev–Trinajstić information content (AvgIpc) is 2.78. The third-order valence-electron chi connectivity index (χ3n) is 4.80. The molecule has 0 N–H and O–H groups in total. The summed E-state index contributed by atoms with van der Waals surface area (Å²) < 4.78 is 6.85. The maximum Gasteiger partial charge on any atom is 0.338 e. The first-order valence-corrected chi connectivity index (χ1v) is 9.32. The molecule has 0 aliphatic carbocycles. The van der Waals surface area contributed by atoms with Gasteiger partial charge < -0.3 is 4.74 Å². The lowest BCUT2D eigenvalue weighted by molar-refractivity contribution is 0.0472. The summed E-state index contributed by atoms with van der Waals surface area (Å²) in [6.07, 6.45) is 0. The van der Waals surface area contributed by atoms with Crippen molar-refractivity contribution in [2.24, 2.45) is 0 Å². The molecular weight excluding hydrogens is 378 g/mol. The van der Waals surface area contributed by atoms with Crippen molar-refractivity contribution in [2.45, 2.75) is 13.5 Å². The van der Waals surface area contributed by atoms with Crippen LogP contribution in [0.25, 0.3) is 16.6 Å². The van der Waals surface area contributed by atoms with Gasteiger partial charge >= 0.3 is 5.97 Å². The third kappa shape index (κ3) is 3.56. The number of nitrogens with zero attached hydrogens (tertiary/aromatic N) is 3. The summed E-state index contributed by atoms with van der Waals surface area (Å²) in [6.45, 7) is 1.78. The van der Waals surface area contributed by atoms with Gasteiger partial charge in [0, 0.05) is 5.56 Å². The number of nitriles is 1. The van der Waals surface area contributed by atoms with Crippen molar-refractivity contribution in [1.29, 1.82) is 5.26 Å². The molecule has 3 aromatic carbocycles. The van der Waals surface area contributed by atoms with E-state index >= 15 is 0 Å². The van der Waals surface area contributed by atoms with Crippen LogP contribution in [-0.4, -0.2) is 15.5 Å². The predicted molar refractivity (Wildman–Crippen MR) is 112 cm³/mol. The van der Waals surface area contributed by atoms with E-state index in [4.69, 9.17) is 10.00 Å². The van der Waals surface area contributed by atoms with Crippen LogP contribution in [0.2, 0.25) is 0 Å². The third-order valence-corrected chi connectivity index (χ3v) is 4.80. The fourth-order valence-electron chi connectivity index (χ4n) is 3.28. The summed E-state index contributed by atoms with van der Waals surface area (Å²) in [5.74, 6) is 0.0529.